The fraction of sp³-hybridized carbons (Fsp3) is 0.500. The van der Waals surface area contributed by atoms with Crippen molar-refractivity contribution in [3.63, 3.8) is 0 Å². The molecule has 1 fully saturated rings. The highest BCUT2D eigenvalue weighted by atomic mass is 32.2. The van der Waals surface area contributed by atoms with Crippen molar-refractivity contribution in [2.24, 2.45) is 0 Å². The van der Waals surface area contributed by atoms with Gasteiger partial charge in [0.05, 0.1) is 11.5 Å². The summed E-state index contributed by atoms with van der Waals surface area (Å²) in [6, 6.07) is -0.122. The van der Waals surface area contributed by atoms with Gasteiger partial charge in [0.1, 0.15) is 0 Å². The molecule has 4 nitrogen and oxygen atoms in total. The molecule has 2 rings (SSSR count). The Balaban J connectivity index is 2.36. The molecule has 8 heteroatoms. The summed E-state index contributed by atoms with van der Waals surface area (Å²) in [6.45, 7) is 1.58. The van der Waals surface area contributed by atoms with Crippen LogP contribution in [0, 0.1) is 17.6 Å². The van der Waals surface area contributed by atoms with E-state index in [1.165, 1.54) is 4.90 Å². The van der Waals surface area contributed by atoms with Crippen molar-refractivity contribution in [3.8, 4) is 0 Å². The normalized spacial score (nSPS) is 23.1. The Kier molecular flexibility index (Phi) is 3.22. The van der Waals surface area contributed by atoms with Crippen molar-refractivity contribution in [2.75, 3.05) is 23.0 Å². The van der Waals surface area contributed by atoms with Crippen molar-refractivity contribution in [1.29, 1.82) is 0 Å². The van der Waals surface area contributed by atoms with Gasteiger partial charge in [-0.2, -0.15) is 9.37 Å². The van der Waals surface area contributed by atoms with Crippen molar-refractivity contribution < 1.29 is 21.6 Å². The van der Waals surface area contributed by atoms with Gasteiger partial charge in [-0.05, 0) is 6.92 Å². The number of nitrogens with zero attached hydrogens (tertiary/aromatic N) is 2. The number of sulfone groups is 1. The zero-order valence-corrected chi connectivity index (χ0v) is 10.3. The average molecular weight is 280 g/mol. The number of rotatable bonds is 1. The van der Waals surface area contributed by atoms with Gasteiger partial charge in [0.25, 0.3) is 5.95 Å². The van der Waals surface area contributed by atoms with E-state index in [4.69, 9.17) is 0 Å². The summed E-state index contributed by atoms with van der Waals surface area (Å²) < 4.78 is 62.0. The smallest absolute Gasteiger partial charge is 0.251 e. The Labute approximate surface area is 102 Å². The molecular formula is C10H11F3N2O2S. The first-order valence-corrected chi connectivity index (χ1v) is 7.11. The van der Waals surface area contributed by atoms with Gasteiger partial charge in [0, 0.05) is 18.7 Å². The van der Waals surface area contributed by atoms with Crippen LogP contribution >= 0.6 is 0 Å². The SMILES string of the molecule is CC1CS(=O)(=O)CCN1c1nc(F)c(F)cc1F. The monoisotopic (exact) mass is 280 g/mol. The summed E-state index contributed by atoms with van der Waals surface area (Å²) in [5, 5.41) is 0. The Hall–Kier alpha value is -1.31. The quantitative estimate of drug-likeness (QED) is 0.723. The predicted octanol–water partition coefficient (Wildman–Crippen LogP) is 1.12. The molecule has 0 aromatic carbocycles. The van der Waals surface area contributed by atoms with Gasteiger partial charge in [-0.15, -0.1) is 0 Å². The zero-order chi connectivity index (χ0) is 13.5. The molecule has 0 aliphatic carbocycles. The van der Waals surface area contributed by atoms with Gasteiger partial charge >= 0.3 is 0 Å². The van der Waals surface area contributed by atoms with Crippen LogP contribution in [0.25, 0.3) is 0 Å². The van der Waals surface area contributed by atoms with Crippen LogP contribution in [0.2, 0.25) is 0 Å². The molecule has 1 atom stereocenters. The van der Waals surface area contributed by atoms with E-state index in [1.807, 2.05) is 0 Å². The Morgan fingerprint density at radius 3 is 2.61 bits per heavy atom. The molecule has 2 heterocycles. The summed E-state index contributed by atoms with van der Waals surface area (Å²) >= 11 is 0. The molecule has 1 aromatic rings. The van der Waals surface area contributed by atoms with Gasteiger partial charge in [-0.3, -0.25) is 0 Å². The second-order valence-electron chi connectivity index (χ2n) is 4.22. The Morgan fingerprint density at radius 2 is 2.00 bits per heavy atom. The summed E-state index contributed by atoms with van der Waals surface area (Å²) in [4.78, 5) is 4.54. The summed E-state index contributed by atoms with van der Waals surface area (Å²) in [6.07, 6.45) is 0. The van der Waals surface area contributed by atoms with Crippen LogP contribution in [0.4, 0.5) is 19.0 Å². The second-order valence-corrected chi connectivity index (χ2v) is 6.45. The number of hydrogen-bond donors (Lipinski definition) is 0. The maximum Gasteiger partial charge on any atom is 0.251 e. The first-order valence-electron chi connectivity index (χ1n) is 5.29. The molecule has 0 radical (unpaired) electrons. The molecule has 0 saturated carbocycles. The third-order valence-corrected chi connectivity index (χ3v) is 4.61. The Bertz CT molecular complexity index is 577. The first kappa shape index (κ1) is 13.1. The fourth-order valence-electron chi connectivity index (χ4n) is 1.95. The van der Waals surface area contributed by atoms with Crippen LogP contribution in [-0.4, -0.2) is 37.5 Å². The van der Waals surface area contributed by atoms with E-state index in [2.05, 4.69) is 4.98 Å². The van der Waals surface area contributed by atoms with E-state index in [0.717, 1.165) is 0 Å². The van der Waals surface area contributed by atoms with Crippen molar-refractivity contribution in [1.82, 2.24) is 4.98 Å². The molecule has 0 N–H and O–H groups in total. The number of hydrogen-bond acceptors (Lipinski definition) is 4. The highest BCUT2D eigenvalue weighted by Gasteiger charge is 2.31. The van der Waals surface area contributed by atoms with E-state index in [-0.39, 0.29) is 23.9 Å². The number of aromatic nitrogens is 1. The minimum atomic E-state index is -3.16. The topological polar surface area (TPSA) is 50.3 Å². The van der Waals surface area contributed by atoms with Crippen LogP contribution in [-0.2, 0) is 9.84 Å². The van der Waals surface area contributed by atoms with Crippen LogP contribution in [0.1, 0.15) is 6.92 Å². The number of pyridine rings is 1. The molecule has 0 spiro atoms. The molecule has 0 bridgehead atoms. The zero-order valence-electron chi connectivity index (χ0n) is 9.53. The van der Waals surface area contributed by atoms with E-state index < -0.39 is 33.5 Å². The van der Waals surface area contributed by atoms with Crippen LogP contribution in [0.5, 0.6) is 0 Å². The standard InChI is InChI=1S/C10H11F3N2O2S/c1-6-5-18(16,17)3-2-15(6)10-8(12)4-7(11)9(13)14-10/h4,6H,2-3,5H2,1H3. The average Bonchev–Trinajstić information content (AvgIpc) is 2.23. The number of anilines is 1. The van der Waals surface area contributed by atoms with Crippen LogP contribution in [0.15, 0.2) is 6.07 Å². The van der Waals surface area contributed by atoms with E-state index in [9.17, 15) is 21.6 Å². The molecular weight excluding hydrogens is 269 g/mol. The predicted molar refractivity (Wildman–Crippen MR) is 59.6 cm³/mol. The van der Waals surface area contributed by atoms with Gasteiger partial charge in [0.2, 0.25) is 0 Å². The lowest BCUT2D eigenvalue weighted by atomic mass is 10.3. The second kappa shape index (κ2) is 4.42. The third-order valence-electron chi connectivity index (χ3n) is 2.81. The van der Waals surface area contributed by atoms with E-state index in [1.54, 1.807) is 6.92 Å². The van der Waals surface area contributed by atoms with E-state index in [0.29, 0.717) is 6.07 Å². The maximum atomic E-state index is 13.5. The molecule has 100 valence electrons. The molecule has 1 aliphatic heterocycles. The van der Waals surface area contributed by atoms with Gasteiger partial charge in [0.15, 0.2) is 27.3 Å². The van der Waals surface area contributed by atoms with Crippen LogP contribution in [0.3, 0.4) is 0 Å². The molecule has 1 aromatic heterocycles. The molecule has 1 aliphatic rings. The largest absolute Gasteiger partial charge is 0.349 e. The molecule has 0 amide bonds. The highest BCUT2D eigenvalue weighted by molar-refractivity contribution is 7.91. The highest BCUT2D eigenvalue weighted by Crippen LogP contribution is 2.23. The van der Waals surface area contributed by atoms with E-state index >= 15 is 0 Å². The van der Waals surface area contributed by atoms with Crippen molar-refractivity contribution in [2.45, 2.75) is 13.0 Å². The van der Waals surface area contributed by atoms with Crippen molar-refractivity contribution in [3.05, 3.63) is 23.6 Å². The minimum Gasteiger partial charge on any atom is -0.349 e. The molecule has 18 heavy (non-hydrogen) atoms. The first-order chi connectivity index (χ1) is 8.30. The lowest BCUT2D eigenvalue weighted by molar-refractivity contribution is 0.459. The number of halogens is 3. The minimum absolute atomic E-state index is 0.0124. The summed E-state index contributed by atoms with van der Waals surface area (Å²) in [7, 11) is -3.16. The molecule has 1 saturated heterocycles. The van der Waals surface area contributed by atoms with Crippen molar-refractivity contribution >= 4 is 15.7 Å². The summed E-state index contributed by atoms with van der Waals surface area (Å²) in [5.41, 5.74) is 0. The summed E-state index contributed by atoms with van der Waals surface area (Å²) in [5.74, 6) is -4.43. The lowest BCUT2D eigenvalue weighted by Crippen LogP contribution is -2.47. The maximum absolute atomic E-state index is 13.5. The fourth-order valence-corrected chi connectivity index (χ4v) is 3.51. The van der Waals surface area contributed by atoms with Crippen LogP contribution < -0.4 is 4.90 Å². The lowest BCUT2D eigenvalue weighted by Gasteiger charge is -2.34. The molecule has 1 unspecified atom stereocenters. The third kappa shape index (κ3) is 2.43. The van der Waals surface area contributed by atoms with Gasteiger partial charge in [-0.25, -0.2) is 17.2 Å². The Morgan fingerprint density at radius 1 is 1.33 bits per heavy atom. The van der Waals surface area contributed by atoms with Gasteiger partial charge < -0.3 is 4.90 Å². The van der Waals surface area contributed by atoms with Gasteiger partial charge in [-0.1, -0.05) is 0 Å².